The van der Waals surface area contributed by atoms with Gasteiger partial charge in [0.15, 0.2) is 0 Å². The van der Waals surface area contributed by atoms with E-state index >= 15 is 0 Å². The van der Waals surface area contributed by atoms with Crippen LogP contribution in [0.4, 0.5) is 5.69 Å². The third-order valence-electron chi connectivity index (χ3n) is 5.63. The van der Waals surface area contributed by atoms with Crippen LogP contribution in [0.3, 0.4) is 0 Å². The highest BCUT2D eigenvalue weighted by atomic mass is 35.5. The Labute approximate surface area is 191 Å². The maximum atomic E-state index is 13.3. The van der Waals surface area contributed by atoms with Crippen LogP contribution >= 0.6 is 11.6 Å². The average molecular weight is 459 g/mol. The number of benzene rings is 2. The summed E-state index contributed by atoms with van der Waals surface area (Å²) in [6.45, 7) is 7.77. The number of ether oxygens (including phenoxy) is 2. The zero-order valence-electron chi connectivity index (χ0n) is 18.6. The van der Waals surface area contributed by atoms with E-state index in [2.05, 4.69) is 10.2 Å². The molecule has 1 amide bonds. The Morgan fingerprint density at radius 2 is 1.97 bits per heavy atom. The fraction of sp³-hybridized carbons (Fsp3) is 0.375. The van der Waals surface area contributed by atoms with Gasteiger partial charge >= 0.3 is 0 Å². The number of halogens is 1. The highest BCUT2D eigenvalue weighted by molar-refractivity contribution is 6.32. The van der Waals surface area contributed by atoms with Crippen LogP contribution in [-0.2, 0) is 11.3 Å². The Balaban J connectivity index is 1.70. The molecule has 1 aliphatic rings. The standard InChI is InChI=1S/C24H27ClN2O5/c1-13-10-27(11-14(2)31-13)12-17-19(28)6-8-21-23(17)22(15(3)32-21)24(29)26-16-5-7-20(30-4)18(25)9-16/h5-9,13-14,28H,10-12H2,1-4H3,(H,26,29)/t13-,14-/m1/s1. The number of morpholine rings is 1. The van der Waals surface area contributed by atoms with E-state index in [0.29, 0.717) is 50.9 Å². The SMILES string of the molecule is COc1ccc(NC(=O)c2c(C)oc3ccc(O)c(CN4C[C@@H](C)O[C@H](C)C4)c23)cc1Cl. The second kappa shape index (κ2) is 9.02. The fourth-order valence-corrected chi connectivity index (χ4v) is 4.63. The number of aryl methyl sites for hydroxylation is 1. The minimum Gasteiger partial charge on any atom is -0.508 e. The summed E-state index contributed by atoms with van der Waals surface area (Å²) in [6.07, 6.45) is 0.183. The number of nitrogens with one attached hydrogen (secondary N) is 1. The van der Waals surface area contributed by atoms with Crippen molar-refractivity contribution in [1.29, 1.82) is 0 Å². The minimum atomic E-state index is -0.335. The number of carbonyl (C=O) groups is 1. The summed E-state index contributed by atoms with van der Waals surface area (Å²) in [7, 11) is 1.53. The van der Waals surface area contributed by atoms with Crippen molar-refractivity contribution in [3.8, 4) is 11.5 Å². The minimum absolute atomic E-state index is 0.0915. The van der Waals surface area contributed by atoms with Gasteiger partial charge in [-0.1, -0.05) is 11.6 Å². The van der Waals surface area contributed by atoms with Gasteiger partial charge in [0.2, 0.25) is 0 Å². The Morgan fingerprint density at radius 1 is 1.25 bits per heavy atom. The maximum Gasteiger partial charge on any atom is 0.259 e. The molecule has 0 bridgehead atoms. The van der Waals surface area contributed by atoms with Gasteiger partial charge in [-0.15, -0.1) is 0 Å². The molecule has 3 aromatic rings. The fourth-order valence-electron chi connectivity index (χ4n) is 4.37. The molecule has 2 N–H and O–H groups in total. The normalized spacial score (nSPS) is 19.3. The third kappa shape index (κ3) is 4.41. The van der Waals surface area contributed by atoms with Gasteiger partial charge in [0.1, 0.15) is 22.8 Å². The maximum absolute atomic E-state index is 13.3. The Bertz CT molecular complexity index is 1150. The number of hydrogen-bond acceptors (Lipinski definition) is 6. The number of amides is 1. The van der Waals surface area contributed by atoms with Crippen LogP contribution in [0.15, 0.2) is 34.7 Å². The van der Waals surface area contributed by atoms with Crippen molar-refractivity contribution in [2.24, 2.45) is 0 Å². The number of anilines is 1. The zero-order valence-corrected chi connectivity index (χ0v) is 19.3. The van der Waals surface area contributed by atoms with Crippen molar-refractivity contribution in [3.63, 3.8) is 0 Å². The lowest BCUT2D eigenvalue weighted by Gasteiger charge is -2.35. The molecule has 0 aliphatic carbocycles. The summed E-state index contributed by atoms with van der Waals surface area (Å²) in [5, 5.41) is 14.6. The molecule has 2 heterocycles. The first kappa shape index (κ1) is 22.5. The highest BCUT2D eigenvalue weighted by Gasteiger charge is 2.27. The summed E-state index contributed by atoms with van der Waals surface area (Å²) < 4.78 is 16.9. The van der Waals surface area contributed by atoms with Crippen molar-refractivity contribution in [2.45, 2.75) is 39.5 Å². The molecule has 170 valence electrons. The number of hydrogen-bond donors (Lipinski definition) is 2. The van der Waals surface area contributed by atoms with Crippen LogP contribution in [0.5, 0.6) is 11.5 Å². The second-order valence-electron chi connectivity index (χ2n) is 8.22. The number of phenolic OH excluding ortho intramolecular Hbond substituents is 1. The van der Waals surface area contributed by atoms with Crippen molar-refractivity contribution < 1.29 is 23.8 Å². The smallest absolute Gasteiger partial charge is 0.259 e. The molecule has 32 heavy (non-hydrogen) atoms. The van der Waals surface area contributed by atoms with E-state index in [-0.39, 0.29) is 23.9 Å². The van der Waals surface area contributed by atoms with Crippen molar-refractivity contribution in [3.05, 3.63) is 52.2 Å². The summed E-state index contributed by atoms with van der Waals surface area (Å²) in [5.41, 5.74) is 2.15. The quantitative estimate of drug-likeness (QED) is 0.561. The van der Waals surface area contributed by atoms with E-state index in [1.54, 1.807) is 37.3 Å². The number of aromatic hydroxyl groups is 1. The molecule has 4 rings (SSSR count). The van der Waals surface area contributed by atoms with E-state index in [1.807, 2.05) is 13.8 Å². The van der Waals surface area contributed by atoms with Gasteiger partial charge in [-0.05, 0) is 51.1 Å². The van der Waals surface area contributed by atoms with E-state index in [0.717, 1.165) is 13.1 Å². The zero-order chi connectivity index (χ0) is 23.0. The van der Waals surface area contributed by atoms with E-state index < -0.39 is 0 Å². The van der Waals surface area contributed by atoms with Crippen molar-refractivity contribution in [2.75, 3.05) is 25.5 Å². The van der Waals surface area contributed by atoms with Gasteiger partial charge < -0.3 is 24.3 Å². The number of furan rings is 1. The van der Waals surface area contributed by atoms with E-state index in [1.165, 1.54) is 7.11 Å². The molecule has 1 fully saturated rings. The lowest BCUT2D eigenvalue weighted by Crippen LogP contribution is -2.44. The molecule has 2 atom stereocenters. The van der Waals surface area contributed by atoms with Gasteiger partial charge in [0, 0.05) is 36.3 Å². The summed E-state index contributed by atoms with van der Waals surface area (Å²) in [5.74, 6) is 0.799. The molecule has 8 heteroatoms. The van der Waals surface area contributed by atoms with E-state index in [4.69, 9.17) is 25.5 Å². The molecule has 1 aliphatic heterocycles. The molecule has 2 aromatic carbocycles. The topological polar surface area (TPSA) is 84.2 Å². The predicted molar refractivity (Wildman–Crippen MR) is 124 cm³/mol. The summed E-state index contributed by atoms with van der Waals surface area (Å²) in [6, 6.07) is 8.34. The molecule has 0 spiro atoms. The van der Waals surface area contributed by atoms with Gasteiger partial charge in [0.25, 0.3) is 5.91 Å². The molecule has 1 aromatic heterocycles. The number of carbonyl (C=O) groups excluding carboxylic acids is 1. The monoisotopic (exact) mass is 458 g/mol. The largest absolute Gasteiger partial charge is 0.508 e. The van der Waals surface area contributed by atoms with Gasteiger partial charge in [-0.25, -0.2) is 0 Å². The van der Waals surface area contributed by atoms with Crippen LogP contribution < -0.4 is 10.1 Å². The van der Waals surface area contributed by atoms with Crippen molar-refractivity contribution in [1.82, 2.24) is 4.90 Å². The third-order valence-corrected chi connectivity index (χ3v) is 5.92. The predicted octanol–water partition coefficient (Wildman–Crippen LogP) is 4.97. The Kier molecular flexibility index (Phi) is 6.33. The van der Waals surface area contributed by atoms with Crippen molar-refractivity contribution >= 4 is 34.2 Å². The first-order valence-electron chi connectivity index (χ1n) is 10.5. The summed E-state index contributed by atoms with van der Waals surface area (Å²) in [4.78, 5) is 15.5. The molecule has 1 saturated heterocycles. The van der Waals surface area contributed by atoms with Gasteiger partial charge in [-0.3, -0.25) is 9.69 Å². The Hall–Kier alpha value is -2.74. The first-order valence-corrected chi connectivity index (χ1v) is 10.9. The lowest BCUT2D eigenvalue weighted by atomic mass is 10.0. The lowest BCUT2D eigenvalue weighted by molar-refractivity contribution is -0.0705. The van der Waals surface area contributed by atoms with Crippen LogP contribution in [0, 0.1) is 6.92 Å². The molecular weight excluding hydrogens is 432 g/mol. The number of nitrogens with zero attached hydrogens (tertiary/aromatic N) is 1. The molecule has 0 unspecified atom stereocenters. The Morgan fingerprint density at radius 3 is 2.62 bits per heavy atom. The van der Waals surface area contributed by atoms with Crippen LogP contribution in [0.25, 0.3) is 11.0 Å². The number of phenols is 1. The highest BCUT2D eigenvalue weighted by Crippen LogP contribution is 2.36. The van der Waals surface area contributed by atoms with Crippen LogP contribution in [0.2, 0.25) is 5.02 Å². The molecule has 7 nitrogen and oxygen atoms in total. The molecule has 0 saturated carbocycles. The van der Waals surface area contributed by atoms with Gasteiger partial charge in [0.05, 0.1) is 29.9 Å². The number of fused-ring (bicyclic) bond motifs is 1. The molecular formula is C24H27ClN2O5. The molecule has 0 radical (unpaired) electrons. The van der Waals surface area contributed by atoms with Gasteiger partial charge in [-0.2, -0.15) is 0 Å². The van der Waals surface area contributed by atoms with E-state index in [9.17, 15) is 9.90 Å². The average Bonchev–Trinajstić information content (AvgIpc) is 3.06. The first-order chi connectivity index (χ1) is 15.3. The number of rotatable bonds is 5. The summed E-state index contributed by atoms with van der Waals surface area (Å²) >= 11 is 6.20. The second-order valence-corrected chi connectivity index (χ2v) is 8.63. The van der Waals surface area contributed by atoms with Crippen LogP contribution in [0.1, 0.15) is 35.5 Å². The number of methoxy groups -OCH3 is 1. The van der Waals surface area contributed by atoms with Crippen LogP contribution in [-0.4, -0.2) is 48.3 Å².